The maximum Gasteiger partial charge on any atom is 0.231 e. The molecule has 4 aromatic rings. The van der Waals surface area contributed by atoms with E-state index in [9.17, 15) is 5.26 Å². The van der Waals surface area contributed by atoms with Crippen LogP contribution in [0.5, 0.6) is 0 Å². The molecule has 3 heterocycles. The molecule has 0 N–H and O–H groups in total. The predicted octanol–water partition coefficient (Wildman–Crippen LogP) is 2.74. The largest absolute Gasteiger partial charge is 0.311 e. The van der Waals surface area contributed by atoms with Gasteiger partial charge >= 0.3 is 0 Å². The highest BCUT2D eigenvalue weighted by molar-refractivity contribution is 6.04. The highest BCUT2D eigenvalue weighted by atomic mass is 15.4. The Labute approximate surface area is 132 Å². The van der Waals surface area contributed by atoms with Gasteiger partial charge in [-0.05, 0) is 30.7 Å². The third kappa shape index (κ3) is 1.90. The highest BCUT2D eigenvalue weighted by Gasteiger charge is 2.17. The summed E-state index contributed by atoms with van der Waals surface area (Å²) in [5, 5.41) is 14.4. The molecule has 0 amide bonds. The molecule has 0 unspecified atom stereocenters. The van der Waals surface area contributed by atoms with Gasteiger partial charge < -0.3 is 4.57 Å². The van der Waals surface area contributed by atoms with E-state index in [1.165, 1.54) is 0 Å². The molecular weight excluding hydrogens is 288 g/mol. The molecule has 112 valence electrons. The van der Waals surface area contributed by atoms with Gasteiger partial charge in [0.25, 0.3) is 0 Å². The molecule has 23 heavy (non-hydrogen) atoms. The number of aryl methyl sites for hydroxylation is 2. The summed E-state index contributed by atoms with van der Waals surface area (Å²) < 4.78 is 3.74. The molecule has 0 fully saturated rings. The number of rotatable bonds is 2. The van der Waals surface area contributed by atoms with E-state index in [0.29, 0.717) is 5.56 Å². The minimum absolute atomic E-state index is 0.617. The van der Waals surface area contributed by atoms with Crippen molar-refractivity contribution in [3.05, 3.63) is 47.9 Å². The minimum atomic E-state index is 0.617. The van der Waals surface area contributed by atoms with Gasteiger partial charge in [-0.2, -0.15) is 10.4 Å². The number of fused-ring (bicyclic) bond motifs is 3. The minimum Gasteiger partial charge on any atom is -0.311 e. The third-order valence-electron chi connectivity index (χ3n) is 4.03. The van der Waals surface area contributed by atoms with E-state index < -0.39 is 0 Å². The van der Waals surface area contributed by atoms with Crippen LogP contribution in [0.4, 0.5) is 0 Å². The normalized spacial score (nSPS) is 11.2. The molecule has 0 aliphatic heterocycles. The van der Waals surface area contributed by atoms with Crippen LogP contribution in [0.1, 0.15) is 18.2 Å². The fraction of sp³-hybridized carbons (Fsp3) is 0.176. The van der Waals surface area contributed by atoms with Crippen molar-refractivity contribution < 1.29 is 0 Å². The molecule has 0 saturated carbocycles. The summed E-state index contributed by atoms with van der Waals surface area (Å²) in [5.74, 6) is 0.733. The van der Waals surface area contributed by atoms with Gasteiger partial charge in [-0.1, -0.05) is 6.92 Å². The van der Waals surface area contributed by atoms with E-state index in [1.807, 2.05) is 36.0 Å². The number of hydrogen-bond acceptors (Lipinski definition) is 4. The van der Waals surface area contributed by atoms with E-state index >= 15 is 0 Å². The summed E-state index contributed by atoms with van der Waals surface area (Å²) in [6.45, 7) is 2.07. The Morgan fingerprint density at radius 3 is 2.83 bits per heavy atom. The maximum atomic E-state index is 9.19. The first-order chi connectivity index (χ1) is 11.2. The second-order valence-electron chi connectivity index (χ2n) is 5.37. The Balaban J connectivity index is 2.18. The summed E-state index contributed by atoms with van der Waals surface area (Å²) in [7, 11) is 1.96. The number of imidazole rings is 1. The summed E-state index contributed by atoms with van der Waals surface area (Å²) in [5.41, 5.74) is 4.29. The molecule has 0 aliphatic rings. The number of nitriles is 1. The Bertz CT molecular complexity index is 1070. The van der Waals surface area contributed by atoms with Crippen molar-refractivity contribution in [1.82, 2.24) is 24.3 Å². The van der Waals surface area contributed by atoms with Crippen LogP contribution in [0.25, 0.3) is 27.9 Å². The van der Waals surface area contributed by atoms with E-state index in [0.717, 1.165) is 40.0 Å². The molecule has 0 spiro atoms. The lowest BCUT2D eigenvalue weighted by molar-refractivity contribution is 0.762. The van der Waals surface area contributed by atoms with Crippen LogP contribution < -0.4 is 0 Å². The van der Waals surface area contributed by atoms with Gasteiger partial charge in [0.05, 0.1) is 28.4 Å². The second-order valence-corrected chi connectivity index (χ2v) is 5.37. The number of benzene rings is 1. The van der Waals surface area contributed by atoms with E-state index in [2.05, 4.69) is 18.1 Å². The average molecular weight is 302 g/mol. The van der Waals surface area contributed by atoms with Gasteiger partial charge in [0.2, 0.25) is 5.95 Å². The van der Waals surface area contributed by atoms with E-state index in [-0.39, 0.29) is 0 Å². The van der Waals surface area contributed by atoms with Crippen LogP contribution in [0.15, 0.2) is 36.7 Å². The molecule has 0 atom stereocenters. The molecule has 3 aromatic heterocycles. The van der Waals surface area contributed by atoms with Crippen molar-refractivity contribution in [2.45, 2.75) is 13.3 Å². The number of pyridine rings is 1. The van der Waals surface area contributed by atoms with Gasteiger partial charge in [-0.3, -0.25) is 4.98 Å². The average Bonchev–Trinajstić information content (AvgIpc) is 3.21. The Hall–Kier alpha value is -3.20. The van der Waals surface area contributed by atoms with Gasteiger partial charge in [0.1, 0.15) is 5.52 Å². The Morgan fingerprint density at radius 2 is 2.13 bits per heavy atom. The lowest BCUT2D eigenvalue weighted by atomic mass is 10.1. The van der Waals surface area contributed by atoms with Crippen LogP contribution in [0, 0.1) is 11.3 Å². The van der Waals surface area contributed by atoms with Gasteiger partial charge in [-0.15, -0.1) is 0 Å². The zero-order valence-corrected chi connectivity index (χ0v) is 12.9. The lowest BCUT2D eigenvalue weighted by Crippen LogP contribution is -2.03. The molecule has 6 heteroatoms. The second kappa shape index (κ2) is 4.92. The standard InChI is InChI=1S/C17H14N6/c1-3-13-15-16(12-9-11(10-18)5-6-14(12)20-13)22(2)17(21-15)23-8-4-7-19-23/h4-9H,3H2,1-2H3. The van der Waals surface area contributed by atoms with Crippen LogP contribution >= 0.6 is 0 Å². The summed E-state index contributed by atoms with van der Waals surface area (Å²) in [6, 6.07) is 9.62. The summed E-state index contributed by atoms with van der Waals surface area (Å²) >= 11 is 0. The Kier molecular flexibility index (Phi) is 2.88. The van der Waals surface area contributed by atoms with Crippen LogP contribution in [-0.2, 0) is 13.5 Å². The summed E-state index contributed by atoms with van der Waals surface area (Å²) in [6.07, 6.45) is 4.38. The van der Waals surface area contributed by atoms with Crippen molar-refractivity contribution in [3.63, 3.8) is 0 Å². The third-order valence-corrected chi connectivity index (χ3v) is 4.03. The van der Waals surface area contributed by atoms with E-state index in [4.69, 9.17) is 9.97 Å². The first kappa shape index (κ1) is 13.5. The zero-order chi connectivity index (χ0) is 16.0. The van der Waals surface area contributed by atoms with Crippen LogP contribution in [-0.4, -0.2) is 24.3 Å². The molecule has 1 aromatic carbocycles. The van der Waals surface area contributed by atoms with Gasteiger partial charge in [-0.25, -0.2) is 9.67 Å². The molecule has 0 radical (unpaired) electrons. The smallest absolute Gasteiger partial charge is 0.231 e. The first-order valence-corrected chi connectivity index (χ1v) is 7.42. The SMILES string of the molecule is CCc1nc2ccc(C#N)cc2c2c1nc(-n1cccn1)n2C. The molecule has 0 saturated heterocycles. The zero-order valence-electron chi connectivity index (χ0n) is 12.9. The van der Waals surface area contributed by atoms with Crippen molar-refractivity contribution in [2.75, 3.05) is 0 Å². The predicted molar refractivity (Wildman–Crippen MR) is 87.2 cm³/mol. The molecule has 0 bridgehead atoms. The number of hydrogen-bond donors (Lipinski definition) is 0. The summed E-state index contributed by atoms with van der Waals surface area (Å²) in [4.78, 5) is 9.47. The first-order valence-electron chi connectivity index (χ1n) is 7.42. The monoisotopic (exact) mass is 302 g/mol. The van der Waals surface area contributed by atoms with Crippen molar-refractivity contribution in [2.24, 2.45) is 7.05 Å². The van der Waals surface area contributed by atoms with Gasteiger partial charge in [0.15, 0.2) is 0 Å². The fourth-order valence-electron chi connectivity index (χ4n) is 2.93. The van der Waals surface area contributed by atoms with Crippen LogP contribution in [0.3, 0.4) is 0 Å². The fourth-order valence-corrected chi connectivity index (χ4v) is 2.93. The number of aromatic nitrogens is 5. The van der Waals surface area contributed by atoms with Crippen molar-refractivity contribution >= 4 is 21.9 Å². The highest BCUT2D eigenvalue weighted by Crippen LogP contribution is 2.28. The Morgan fingerprint density at radius 1 is 1.26 bits per heavy atom. The number of nitrogens with zero attached hydrogens (tertiary/aromatic N) is 6. The van der Waals surface area contributed by atoms with Crippen LogP contribution in [0.2, 0.25) is 0 Å². The molecular formula is C17H14N6. The van der Waals surface area contributed by atoms with Crippen molar-refractivity contribution in [1.29, 1.82) is 5.26 Å². The van der Waals surface area contributed by atoms with E-state index in [1.54, 1.807) is 16.9 Å². The molecule has 0 aliphatic carbocycles. The molecule has 6 nitrogen and oxygen atoms in total. The molecule has 4 rings (SSSR count). The quantitative estimate of drug-likeness (QED) is 0.571. The van der Waals surface area contributed by atoms with Crippen molar-refractivity contribution in [3.8, 4) is 12.0 Å². The van der Waals surface area contributed by atoms with Gasteiger partial charge in [0, 0.05) is 24.8 Å². The topological polar surface area (TPSA) is 72.3 Å². The lowest BCUT2D eigenvalue weighted by Gasteiger charge is -2.06. The maximum absolute atomic E-state index is 9.19.